The number of hydrogen-bond acceptors (Lipinski definition) is 3. The van der Waals surface area contributed by atoms with Crippen molar-refractivity contribution < 1.29 is 14.2 Å². The van der Waals surface area contributed by atoms with Gasteiger partial charge in [-0.1, -0.05) is 50.3 Å². The fourth-order valence-corrected chi connectivity index (χ4v) is 2.41. The number of para-hydroxylation sites is 1. The normalized spacial score (nSPS) is 13.0. The number of rotatable bonds is 6. The Bertz CT molecular complexity index is 689. The molecule has 0 radical (unpaired) electrons. The minimum Gasteiger partial charge on any atom is -0.493 e. The molecule has 0 atom stereocenters. The Hall–Kier alpha value is -2.42. The molecule has 0 N–H and O–H groups in total. The van der Waals surface area contributed by atoms with Gasteiger partial charge in [0.2, 0.25) is 6.79 Å². The van der Waals surface area contributed by atoms with Crippen LogP contribution in [0.5, 0.6) is 17.2 Å². The highest BCUT2D eigenvalue weighted by atomic mass is 16.7. The lowest BCUT2D eigenvalue weighted by Gasteiger charge is -2.12. The zero-order valence-corrected chi connectivity index (χ0v) is 13.6. The van der Waals surface area contributed by atoms with Crippen LogP contribution in [0.4, 0.5) is 0 Å². The van der Waals surface area contributed by atoms with E-state index in [9.17, 15) is 0 Å². The SMILES string of the molecule is CC(C)COc1ccccc1C/C=C/c1ccc2c(c1)OCO2. The molecule has 0 aliphatic carbocycles. The second kappa shape index (κ2) is 7.23. The summed E-state index contributed by atoms with van der Waals surface area (Å²) >= 11 is 0. The summed E-state index contributed by atoms with van der Waals surface area (Å²) in [4.78, 5) is 0. The van der Waals surface area contributed by atoms with Crippen molar-refractivity contribution in [2.75, 3.05) is 13.4 Å². The van der Waals surface area contributed by atoms with Gasteiger partial charge in [0.15, 0.2) is 11.5 Å². The Kier molecular flexibility index (Phi) is 4.86. The van der Waals surface area contributed by atoms with Gasteiger partial charge < -0.3 is 14.2 Å². The van der Waals surface area contributed by atoms with Gasteiger partial charge in [-0.25, -0.2) is 0 Å². The molecule has 3 rings (SSSR count). The van der Waals surface area contributed by atoms with Gasteiger partial charge in [-0.3, -0.25) is 0 Å². The second-order valence-electron chi connectivity index (χ2n) is 6.03. The minimum absolute atomic E-state index is 0.309. The van der Waals surface area contributed by atoms with Crippen LogP contribution in [0, 0.1) is 5.92 Å². The van der Waals surface area contributed by atoms with Crippen molar-refractivity contribution in [1.29, 1.82) is 0 Å². The van der Waals surface area contributed by atoms with Crippen LogP contribution in [0.15, 0.2) is 48.5 Å². The van der Waals surface area contributed by atoms with Gasteiger partial charge in [0, 0.05) is 0 Å². The van der Waals surface area contributed by atoms with E-state index in [1.165, 1.54) is 5.56 Å². The molecule has 1 aliphatic heterocycles. The average Bonchev–Trinajstić information content (AvgIpc) is 3.01. The minimum atomic E-state index is 0.309. The highest BCUT2D eigenvalue weighted by Gasteiger charge is 2.12. The van der Waals surface area contributed by atoms with Crippen molar-refractivity contribution in [2.45, 2.75) is 20.3 Å². The molecule has 0 bridgehead atoms. The molecular weight excluding hydrogens is 288 g/mol. The third-order valence-electron chi connectivity index (χ3n) is 3.59. The monoisotopic (exact) mass is 310 g/mol. The molecule has 0 unspecified atom stereocenters. The first-order valence-corrected chi connectivity index (χ1v) is 7.99. The second-order valence-corrected chi connectivity index (χ2v) is 6.03. The number of hydrogen-bond donors (Lipinski definition) is 0. The van der Waals surface area contributed by atoms with Crippen LogP contribution in [0.2, 0.25) is 0 Å². The van der Waals surface area contributed by atoms with Gasteiger partial charge in [-0.05, 0) is 41.7 Å². The molecule has 0 amide bonds. The van der Waals surface area contributed by atoms with Gasteiger partial charge in [-0.2, -0.15) is 0 Å². The van der Waals surface area contributed by atoms with Crippen molar-refractivity contribution in [3.63, 3.8) is 0 Å². The van der Waals surface area contributed by atoms with Crippen molar-refractivity contribution >= 4 is 6.08 Å². The Morgan fingerprint density at radius 2 is 1.91 bits per heavy atom. The fraction of sp³-hybridized carbons (Fsp3) is 0.300. The highest BCUT2D eigenvalue weighted by molar-refractivity contribution is 5.57. The molecule has 1 heterocycles. The Balaban J connectivity index is 1.66. The molecular formula is C20H22O3. The number of allylic oxidation sites excluding steroid dienone is 1. The van der Waals surface area contributed by atoms with Gasteiger partial charge in [-0.15, -0.1) is 0 Å². The fourth-order valence-electron chi connectivity index (χ4n) is 2.41. The predicted molar refractivity (Wildman–Crippen MR) is 92.1 cm³/mol. The van der Waals surface area contributed by atoms with Crippen LogP contribution in [-0.2, 0) is 6.42 Å². The van der Waals surface area contributed by atoms with Crippen molar-refractivity contribution in [3.05, 3.63) is 59.7 Å². The van der Waals surface area contributed by atoms with Gasteiger partial charge in [0.05, 0.1) is 6.61 Å². The Labute approximate surface area is 137 Å². The van der Waals surface area contributed by atoms with Crippen molar-refractivity contribution in [2.24, 2.45) is 5.92 Å². The van der Waals surface area contributed by atoms with Crippen LogP contribution < -0.4 is 14.2 Å². The maximum Gasteiger partial charge on any atom is 0.231 e. The standard InChI is InChI=1S/C20H22O3/c1-15(2)13-21-18-9-4-3-7-17(18)8-5-6-16-10-11-19-20(12-16)23-14-22-19/h3-7,9-12,15H,8,13-14H2,1-2H3/b6-5+. The van der Waals surface area contributed by atoms with Crippen LogP contribution >= 0.6 is 0 Å². The van der Waals surface area contributed by atoms with Gasteiger partial charge in [0.25, 0.3) is 0 Å². The molecule has 0 spiro atoms. The quantitative estimate of drug-likeness (QED) is 0.773. The zero-order chi connectivity index (χ0) is 16.1. The molecule has 1 aliphatic rings. The third kappa shape index (κ3) is 4.07. The van der Waals surface area contributed by atoms with E-state index >= 15 is 0 Å². The number of fused-ring (bicyclic) bond motifs is 1. The van der Waals surface area contributed by atoms with Gasteiger partial charge in [0.1, 0.15) is 5.75 Å². The van der Waals surface area contributed by atoms with E-state index in [1.807, 2.05) is 36.4 Å². The van der Waals surface area contributed by atoms with E-state index in [-0.39, 0.29) is 0 Å². The van der Waals surface area contributed by atoms with E-state index in [2.05, 4.69) is 32.1 Å². The molecule has 23 heavy (non-hydrogen) atoms. The van der Waals surface area contributed by atoms with E-state index in [1.54, 1.807) is 0 Å². The largest absolute Gasteiger partial charge is 0.493 e. The summed E-state index contributed by atoms with van der Waals surface area (Å²) in [5, 5.41) is 0. The first kappa shape index (κ1) is 15.5. The summed E-state index contributed by atoms with van der Waals surface area (Å²) in [5.41, 5.74) is 2.31. The molecule has 3 nitrogen and oxygen atoms in total. The highest BCUT2D eigenvalue weighted by Crippen LogP contribution is 2.32. The first-order chi connectivity index (χ1) is 11.2. The van der Waals surface area contributed by atoms with Crippen molar-refractivity contribution in [3.8, 4) is 17.2 Å². The lowest BCUT2D eigenvalue weighted by molar-refractivity contribution is 0.174. The van der Waals surface area contributed by atoms with E-state index in [4.69, 9.17) is 14.2 Å². The van der Waals surface area contributed by atoms with Crippen LogP contribution in [0.3, 0.4) is 0 Å². The summed E-state index contributed by atoms with van der Waals surface area (Å²) < 4.78 is 16.6. The summed E-state index contributed by atoms with van der Waals surface area (Å²) in [6.07, 6.45) is 5.08. The summed E-state index contributed by atoms with van der Waals surface area (Å²) in [6.45, 7) is 5.36. The number of ether oxygens (including phenoxy) is 3. The third-order valence-corrected chi connectivity index (χ3v) is 3.59. The molecule has 2 aromatic carbocycles. The van der Waals surface area contributed by atoms with Crippen LogP contribution in [0.1, 0.15) is 25.0 Å². The summed E-state index contributed by atoms with van der Waals surface area (Å²) in [5.74, 6) is 3.12. The topological polar surface area (TPSA) is 27.7 Å². The number of benzene rings is 2. The predicted octanol–water partition coefficient (Wildman–Crippen LogP) is 4.71. The summed E-state index contributed by atoms with van der Waals surface area (Å²) in [7, 11) is 0. The molecule has 0 fully saturated rings. The Morgan fingerprint density at radius 1 is 1.09 bits per heavy atom. The van der Waals surface area contributed by atoms with E-state index < -0.39 is 0 Å². The molecule has 0 aromatic heterocycles. The first-order valence-electron chi connectivity index (χ1n) is 7.99. The maximum absolute atomic E-state index is 5.89. The lowest BCUT2D eigenvalue weighted by atomic mass is 10.1. The zero-order valence-electron chi connectivity index (χ0n) is 13.6. The maximum atomic E-state index is 5.89. The molecule has 2 aromatic rings. The molecule has 0 saturated carbocycles. The molecule has 120 valence electrons. The average molecular weight is 310 g/mol. The van der Waals surface area contributed by atoms with E-state index in [0.29, 0.717) is 12.7 Å². The van der Waals surface area contributed by atoms with Crippen molar-refractivity contribution in [1.82, 2.24) is 0 Å². The van der Waals surface area contributed by atoms with Crippen LogP contribution in [0.25, 0.3) is 6.08 Å². The van der Waals surface area contributed by atoms with Gasteiger partial charge >= 0.3 is 0 Å². The van der Waals surface area contributed by atoms with Crippen LogP contribution in [-0.4, -0.2) is 13.4 Å². The molecule has 3 heteroatoms. The summed E-state index contributed by atoms with van der Waals surface area (Å²) in [6, 6.07) is 14.2. The van der Waals surface area contributed by atoms with E-state index in [0.717, 1.165) is 35.8 Å². The smallest absolute Gasteiger partial charge is 0.231 e. The Morgan fingerprint density at radius 3 is 2.78 bits per heavy atom. The lowest BCUT2D eigenvalue weighted by Crippen LogP contribution is -2.05. The molecule has 0 saturated heterocycles.